The molecule has 1 aromatic heterocycles. The van der Waals surface area contributed by atoms with Crippen LogP contribution in [0, 0.1) is 0 Å². The first-order chi connectivity index (χ1) is 28.3. The highest BCUT2D eigenvalue weighted by Crippen LogP contribution is 2.34. The van der Waals surface area contributed by atoms with E-state index in [4.69, 9.17) is 17.2 Å². The van der Waals surface area contributed by atoms with Crippen molar-refractivity contribution in [1.82, 2.24) is 15.0 Å². The van der Waals surface area contributed by atoms with Crippen molar-refractivity contribution in [3.63, 3.8) is 0 Å². The average molecular weight is 825 g/mol. The molecule has 0 aliphatic heterocycles. The van der Waals surface area contributed by atoms with E-state index >= 15 is 0 Å². The van der Waals surface area contributed by atoms with Gasteiger partial charge < -0.3 is 17.2 Å². The van der Waals surface area contributed by atoms with Crippen molar-refractivity contribution in [2.24, 2.45) is 0 Å². The van der Waals surface area contributed by atoms with Gasteiger partial charge in [0.25, 0.3) is 20.2 Å². The molecular weight excluding hydrogens is 785 g/mol. The number of anilines is 3. The SMILES string of the molecule is C(=Cc1cccc(-c2ccccc2)c1C=Cc1ccccc1)c1ccccc1.Nc1nc(N)nc(N)n1.O=S(=O)(O)C(=C(c1ccccc1)S(=O)(=O)O)c1ccccc1. The van der Waals surface area contributed by atoms with Crippen molar-refractivity contribution >= 4 is 72.2 Å². The number of hydrogen-bond acceptors (Lipinski definition) is 10. The number of nitrogens with zero attached hydrogens (tertiary/aromatic N) is 3. The molecule has 12 nitrogen and oxygen atoms in total. The van der Waals surface area contributed by atoms with E-state index < -0.39 is 30.0 Å². The van der Waals surface area contributed by atoms with Crippen molar-refractivity contribution in [2.45, 2.75) is 0 Å². The molecule has 14 heteroatoms. The quantitative estimate of drug-likeness (QED) is 0.0681. The first-order valence-electron chi connectivity index (χ1n) is 17.8. The molecule has 1 heterocycles. The number of benzene rings is 6. The van der Waals surface area contributed by atoms with Crippen LogP contribution >= 0.6 is 0 Å². The smallest absolute Gasteiger partial charge is 0.296 e. The molecule has 0 saturated carbocycles. The Morgan fingerprint density at radius 3 is 1.17 bits per heavy atom. The lowest BCUT2D eigenvalue weighted by molar-refractivity contribution is 0.491. The third-order valence-corrected chi connectivity index (χ3v) is 10.2. The molecule has 0 amide bonds. The van der Waals surface area contributed by atoms with E-state index in [2.05, 4.69) is 136 Å². The summed E-state index contributed by atoms with van der Waals surface area (Å²) in [5, 5.41) is 0. The van der Waals surface area contributed by atoms with Crippen LogP contribution in [0.4, 0.5) is 17.8 Å². The highest BCUT2D eigenvalue weighted by Gasteiger charge is 2.30. The van der Waals surface area contributed by atoms with Gasteiger partial charge in [0.15, 0.2) is 0 Å². The summed E-state index contributed by atoms with van der Waals surface area (Å²) in [4.78, 5) is 8.72. The summed E-state index contributed by atoms with van der Waals surface area (Å²) in [5.41, 5.74) is 22.6. The minimum atomic E-state index is -4.91. The van der Waals surface area contributed by atoms with Crippen molar-refractivity contribution in [2.75, 3.05) is 17.2 Å². The molecule has 7 rings (SSSR count). The zero-order valence-electron chi connectivity index (χ0n) is 31.4. The zero-order chi connectivity index (χ0) is 42.3. The Kier molecular flexibility index (Phi) is 14.7. The summed E-state index contributed by atoms with van der Waals surface area (Å²) in [5.74, 6) is 0.125. The normalized spacial score (nSPS) is 11.8. The molecule has 0 atom stereocenters. The average Bonchev–Trinajstić information content (AvgIpc) is 3.22. The Morgan fingerprint density at radius 1 is 0.424 bits per heavy atom. The highest BCUT2D eigenvalue weighted by molar-refractivity contribution is 8.01. The molecule has 0 aliphatic rings. The number of rotatable bonds is 9. The molecule has 7 aromatic rings. The monoisotopic (exact) mass is 824 g/mol. The summed E-state index contributed by atoms with van der Waals surface area (Å²) in [6, 6.07) is 52.3. The minimum Gasteiger partial charge on any atom is -0.368 e. The fraction of sp³-hybridized carbons (Fsp3) is 0. The minimum absolute atomic E-state index is 0.0417. The molecule has 59 heavy (non-hydrogen) atoms. The van der Waals surface area contributed by atoms with Crippen LogP contribution in [0.25, 0.3) is 45.2 Å². The van der Waals surface area contributed by atoms with Gasteiger partial charge >= 0.3 is 0 Å². The van der Waals surface area contributed by atoms with Gasteiger partial charge in [-0.3, -0.25) is 9.11 Å². The van der Waals surface area contributed by atoms with Crippen LogP contribution in [-0.2, 0) is 20.2 Å². The molecule has 298 valence electrons. The third kappa shape index (κ3) is 12.9. The van der Waals surface area contributed by atoms with Crippen LogP contribution in [-0.4, -0.2) is 40.9 Å². The van der Waals surface area contributed by atoms with Gasteiger partial charge in [0.05, 0.1) is 0 Å². The molecule has 0 saturated heterocycles. The molecule has 0 unspecified atom stereocenters. The van der Waals surface area contributed by atoms with Gasteiger partial charge in [-0.1, -0.05) is 194 Å². The second-order valence-corrected chi connectivity index (χ2v) is 15.1. The second kappa shape index (κ2) is 20.3. The molecule has 0 radical (unpaired) electrons. The van der Waals surface area contributed by atoms with E-state index in [0.717, 1.165) is 0 Å². The predicted octanol–water partition coefficient (Wildman–Crippen LogP) is 8.60. The van der Waals surface area contributed by atoms with E-state index in [1.807, 2.05) is 12.1 Å². The molecular formula is C45H40N6O6S2. The summed E-state index contributed by atoms with van der Waals surface area (Å²) < 4.78 is 65.8. The maximum Gasteiger partial charge on any atom is 0.296 e. The van der Waals surface area contributed by atoms with Crippen LogP contribution in [0.2, 0.25) is 0 Å². The summed E-state index contributed by atoms with van der Waals surface area (Å²) in [7, 11) is -9.82. The first kappa shape index (κ1) is 42.9. The Bertz CT molecular complexity index is 2650. The fourth-order valence-electron chi connectivity index (χ4n) is 5.68. The molecule has 0 aliphatic carbocycles. The van der Waals surface area contributed by atoms with Gasteiger partial charge in [0, 0.05) is 0 Å². The lowest BCUT2D eigenvalue weighted by atomic mass is 9.94. The largest absolute Gasteiger partial charge is 0.368 e. The zero-order valence-corrected chi connectivity index (χ0v) is 33.0. The fourth-order valence-corrected chi connectivity index (χ4v) is 7.88. The van der Waals surface area contributed by atoms with E-state index in [-0.39, 0.29) is 29.0 Å². The maximum absolute atomic E-state index is 11.7. The van der Waals surface area contributed by atoms with Gasteiger partial charge in [0.1, 0.15) is 9.81 Å². The van der Waals surface area contributed by atoms with Crippen LogP contribution in [0.5, 0.6) is 0 Å². The summed E-state index contributed by atoms with van der Waals surface area (Å²) >= 11 is 0. The molecule has 0 fully saturated rings. The Morgan fingerprint density at radius 2 is 0.780 bits per heavy atom. The maximum atomic E-state index is 11.7. The molecule has 0 bridgehead atoms. The first-order valence-corrected chi connectivity index (χ1v) is 20.6. The van der Waals surface area contributed by atoms with E-state index in [9.17, 15) is 25.9 Å². The number of nitrogen functional groups attached to an aromatic ring is 3. The van der Waals surface area contributed by atoms with Crippen molar-refractivity contribution in [3.05, 3.63) is 203 Å². The topological polar surface area (TPSA) is 225 Å². The van der Waals surface area contributed by atoms with Crippen LogP contribution in [0.15, 0.2) is 170 Å². The summed E-state index contributed by atoms with van der Waals surface area (Å²) in [6.45, 7) is 0. The number of aromatic nitrogens is 3. The van der Waals surface area contributed by atoms with Gasteiger partial charge in [0.2, 0.25) is 17.8 Å². The van der Waals surface area contributed by atoms with Crippen LogP contribution < -0.4 is 17.2 Å². The third-order valence-electron chi connectivity index (χ3n) is 8.20. The Hall–Kier alpha value is -7.23. The van der Waals surface area contributed by atoms with Crippen molar-refractivity contribution in [1.29, 1.82) is 0 Å². The lowest BCUT2D eigenvalue weighted by Gasteiger charge is -2.11. The van der Waals surface area contributed by atoms with Gasteiger partial charge in [-0.15, -0.1) is 0 Å². The standard InChI is InChI=1S/C28H22.C14H12O6S2.C3H6N6/c1-4-11-23(12-5-1)19-21-26-17-10-18-27(25-15-8-3-9-16-25)28(26)22-20-24-13-6-2-7-14-24;15-21(16,17)13(11-7-3-1-4-8-11)14(22(18,19)20)12-9-5-2-6-10-12;4-1-7-2(5)9-3(6)8-1/h1-22H;1-10H,(H,15,16,17)(H,18,19,20);(H6,4,5,6,7,8,9). The van der Waals surface area contributed by atoms with E-state index in [1.165, 1.54) is 81.9 Å². The number of hydrogen-bond donors (Lipinski definition) is 5. The Balaban J connectivity index is 0.000000189. The van der Waals surface area contributed by atoms with Crippen molar-refractivity contribution in [3.8, 4) is 11.1 Å². The molecule has 8 N–H and O–H groups in total. The van der Waals surface area contributed by atoms with E-state index in [1.54, 1.807) is 12.1 Å². The second-order valence-electron chi connectivity index (χ2n) is 12.4. The van der Waals surface area contributed by atoms with Crippen molar-refractivity contribution < 1.29 is 25.9 Å². The van der Waals surface area contributed by atoms with E-state index in [0.29, 0.717) is 0 Å². The van der Waals surface area contributed by atoms with Gasteiger partial charge in [-0.25, -0.2) is 0 Å². The van der Waals surface area contributed by atoms with Crippen LogP contribution in [0.3, 0.4) is 0 Å². The van der Waals surface area contributed by atoms with Gasteiger partial charge in [-0.05, 0) is 44.5 Å². The summed E-state index contributed by atoms with van der Waals surface area (Å²) in [6.07, 6.45) is 8.78. The Labute approximate surface area is 343 Å². The molecule has 6 aromatic carbocycles. The van der Waals surface area contributed by atoms with Crippen LogP contribution in [0.1, 0.15) is 33.4 Å². The lowest BCUT2D eigenvalue weighted by Crippen LogP contribution is -2.11. The highest BCUT2D eigenvalue weighted by atomic mass is 32.2. The molecule has 0 spiro atoms. The number of nitrogens with two attached hydrogens (primary N) is 3. The predicted molar refractivity (Wildman–Crippen MR) is 238 cm³/mol. The van der Waals surface area contributed by atoms with Gasteiger partial charge in [-0.2, -0.15) is 31.8 Å².